The van der Waals surface area contributed by atoms with E-state index in [9.17, 15) is 13.2 Å². The standard InChI is InChI=1S/C33H49N3O4S2/c1-6-7-10-19-33(2,3)32(37)40-24-18-26-16-22-35(23-17-26)20-11-21-36-28-12-8-9-13-30(28)41-31-25-27(14-15-29(31)36)42(38,39)34(4)5/h8-9,12-15,25-26H,6-7,10-11,16-24H2,1-5H3. The number of carbonyl (C=O) groups excluding carboxylic acids is 1. The van der Waals surface area contributed by atoms with Crippen LogP contribution in [0.4, 0.5) is 11.4 Å². The summed E-state index contributed by atoms with van der Waals surface area (Å²) in [6.45, 7) is 10.8. The van der Waals surface area contributed by atoms with Gasteiger partial charge in [-0.25, -0.2) is 12.7 Å². The number of para-hydroxylation sites is 1. The van der Waals surface area contributed by atoms with Gasteiger partial charge in [-0.3, -0.25) is 4.79 Å². The Balaban J connectivity index is 1.26. The molecule has 42 heavy (non-hydrogen) atoms. The summed E-state index contributed by atoms with van der Waals surface area (Å²) in [5.74, 6) is 0.564. The van der Waals surface area contributed by atoms with Crippen molar-refractivity contribution in [1.82, 2.24) is 9.21 Å². The fourth-order valence-corrected chi connectivity index (χ4v) is 7.95. The molecule has 0 bridgehead atoms. The first-order valence-corrected chi connectivity index (χ1v) is 17.8. The summed E-state index contributed by atoms with van der Waals surface area (Å²) < 4.78 is 32.5. The van der Waals surface area contributed by atoms with Crippen molar-refractivity contribution in [3.05, 3.63) is 42.5 Å². The number of hydrogen-bond acceptors (Lipinski definition) is 7. The van der Waals surface area contributed by atoms with Crippen molar-refractivity contribution in [2.45, 2.75) is 86.8 Å². The zero-order valence-corrected chi connectivity index (χ0v) is 27.7. The van der Waals surface area contributed by atoms with E-state index in [-0.39, 0.29) is 5.97 Å². The first kappa shape index (κ1) is 32.8. The summed E-state index contributed by atoms with van der Waals surface area (Å²) in [6, 6.07) is 13.9. The van der Waals surface area contributed by atoms with Gasteiger partial charge in [0.25, 0.3) is 0 Å². The lowest BCUT2D eigenvalue weighted by Crippen LogP contribution is -2.36. The molecular weight excluding hydrogens is 567 g/mol. The fraction of sp³-hybridized carbons (Fsp3) is 0.606. The maximum absolute atomic E-state index is 12.8. The van der Waals surface area contributed by atoms with Crippen LogP contribution in [0.3, 0.4) is 0 Å². The van der Waals surface area contributed by atoms with Crippen LogP contribution in [-0.4, -0.2) is 70.5 Å². The lowest BCUT2D eigenvalue weighted by molar-refractivity contribution is -0.154. The summed E-state index contributed by atoms with van der Waals surface area (Å²) in [5, 5.41) is 0. The molecule has 0 spiro atoms. The van der Waals surface area contributed by atoms with E-state index in [0.717, 1.165) is 93.0 Å². The van der Waals surface area contributed by atoms with Gasteiger partial charge in [0, 0.05) is 30.4 Å². The Morgan fingerprint density at radius 1 is 1.00 bits per heavy atom. The molecule has 2 aromatic rings. The predicted octanol–water partition coefficient (Wildman–Crippen LogP) is 7.18. The number of likely N-dealkylation sites (tertiary alicyclic amines) is 1. The van der Waals surface area contributed by atoms with E-state index in [1.54, 1.807) is 31.9 Å². The van der Waals surface area contributed by atoms with Crippen molar-refractivity contribution < 1.29 is 17.9 Å². The molecule has 0 unspecified atom stereocenters. The Morgan fingerprint density at radius 3 is 2.43 bits per heavy atom. The van der Waals surface area contributed by atoms with Crippen LogP contribution in [-0.2, 0) is 19.6 Å². The van der Waals surface area contributed by atoms with Crippen LogP contribution in [0.15, 0.2) is 57.2 Å². The van der Waals surface area contributed by atoms with Gasteiger partial charge in [0.1, 0.15) is 0 Å². The van der Waals surface area contributed by atoms with Gasteiger partial charge in [-0.1, -0.05) is 50.1 Å². The highest BCUT2D eigenvalue weighted by Crippen LogP contribution is 2.48. The average molecular weight is 616 g/mol. The Hall–Kier alpha value is -2.07. The third-order valence-corrected chi connectivity index (χ3v) is 11.6. The minimum atomic E-state index is -3.49. The Labute approximate surface area is 258 Å². The molecule has 0 aliphatic carbocycles. The van der Waals surface area contributed by atoms with Gasteiger partial charge >= 0.3 is 5.97 Å². The molecule has 1 fully saturated rings. The number of piperidine rings is 1. The maximum atomic E-state index is 12.8. The minimum absolute atomic E-state index is 0.0501. The molecule has 2 aromatic carbocycles. The largest absolute Gasteiger partial charge is 0.465 e. The molecule has 2 heterocycles. The van der Waals surface area contributed by atoms with Crippen LogP contribution in [0, 0.1) is 11.3 Å². The summed E-state index contributed by atoms with van der Waals surface area (Å²) >= 11 is 1.64. The van der Waals surface area contributed by atoms with Gasteiger partial charge in [-0.05, 0) is 102 Å². The maximum Gasteiger partial charge on any atom is 0.311 e. The van der Waals surface area contributed by atoms with Gasteiger partial charge in [0.2, 0.25) is 10.0 Å². The number of esters is 1. The molecular formula is C33H49N3O4S2. The highest BCUT2D eigenvalue weighted by atomic mass is 32.2. The molecule has 9 heteroatoms. The van der Waals surface area contributed by atoms with Crippen LogP contribution in [0.5, 0.6) is 0 Å². The monoisotopic (exact) mass is 615 g/mol. The van der Waals surface area contributed by atoms with E-state index < -0.39 is 15.4 Å². The molecule has 232 valence electrons. The first-order chi connectivity index (χ1) is 20.0. The van der Waals surface area contributed by atoms with E-state index >= 15 is 0 Å². The second kappa shape index (κ2) is 14.6. The van der Waals surface area contributed by atoms with E-state index in [4.69, 9.17) is 4.74 Å². The van der Waals surface area contributed by atoms with E-state index in [1.807, 2.05) is 32.0 Å². The van der Waals surface area contributed by atoms with Crippen molar-refractivity contribution in [1.29, 1.82) is 0 Å². The number of unbranched alkanes of at least 4 members (excludes halogenated alkanes) is 2. The number of ether oxygens (including phenoxy) is 1. The quantitative estimate of drug-likeness (QED) is 0.165. The van der Waals surface area contributed by atoms with Crippen LogP contribution in [0.1, 0.15) is 72.1 Å². The molecule has 2 aliphatic heterocycles. The van der Waals surface area contributed by atoms with E-state index in [2.05, 4.69) is 34.9 Å². The molecule has 0 saturated carbocycles. The summed E-state index contributed by atoms with van der Waals surface area (Å²) in [6.07, 6.45) is 8.56. The molecule has 0 aromatic heterocycles. The van der Waals surface area contributed by atoms with Crippen molar-refractivity contribution in [2.75, 3.05) is 51.8 Å². The highest BCUT2D eigenvalue weighted by Gasteiger charge is 2.30. The SMILES string of the molecule is CCCCCC(C)(C)C(=O)OCCC1CCN(CCCN2c3ccccc3Sc3cc(S(=O)(=O)N(C)C)ccc32)CC1. The Kier molecular flexibility index (Phi) is 11.4. The molecule has 0 amide bonds. The molecule has 7 nitrogen and oxygen atoms in total. The second-order valence-corrected chi connectivity index (χ2v) is 15.8. The van der Waals surface area contributed by atoms with Gasteiger partial charge in [0.05, 0.1) is 28.3 Å². The van der Waals surface area contributed by atoms with Crippen LogP contribution < -0.4 is 4.90 Å². The number of anilines is 2. The smallest absolute Gasteiger partial charge is 0.311 e. The molecule has 1 saturated heterocycles. The lowest BCUT2D eigenvalue weighted by atomic mass is 9.87. The number of sulfonamides is 1. The Morgan fingerprint density at radius 2 is 1.71 bits per heavy atom. The Bertz CT molecular complexity index is 1300. The van der Waals surface area contributed by atoms with Gasteiger partial charge in [0.15, 0.2) is 0 Å². The molecule has 0 N–H and O–H groups in total. The van der Waals surface area contributed by atoms with Crippen molar-refractivity contribution in [2.24, 2.45) is 11.3 Å². The zero-order chi connectivity index (χ0) is 30.3. The van der Waals surface area contributed by atoms with Crippen molar-refractivity contribution in [3.63, 3.8) is 0 Å². The van der Waals surface area contributed by atoms with Crippen LogP contribution in [0.2, 0.25) is 0 Å². The molecule has 2 aliphatic rings. The van der Waals surface area contributed by atoms with Gasteiger partial charge < -0.3 is 14.5 Å². The van der Waals surface area contributed by atoms with E-state index in [0.29, 0.717) is 17.4 Å². The molecule has 0 radical (unpaired) electrons. The number of hydrogen-bond donors (Lipinski definition) is 0. The number of nitrogens with zero attached hydrogens (tertiary/aromatic N) is 3. The lowest BCUT2D eigenvalue weighted by Gasteiger charge is -2.35. The average Bonchev–Trinajstić information content (AvgIpc) is 2.97. The minimum Gasteiger partial charge on any atom is -0.465 e. The summed E-state index contributed by atoms with van der Waals surface area (Å²) in [7, 11) is -0.357. The third kappa shape index (κ3) is 8.10. The number of rotatable bonds is 14. The van der Waals surface area contributed by atoms with Crippen LogP contribution in [0.25, 0.3) is 0 Å². The molecule has 4 rings (SSSR count). The third-order valence-electron chi connectivity index (χ3n) is 8.66. The highest BCUT2D eigenvalue weighted by molar-refractivity contribution is 7.99. The number of benzene rings is 2. The number of carbonyl (C=O) groups is 1. The normalized spacial score (nSPS) is 16.4. The van der Waals surface area contributed by atoms with Crippen molar-refractivity contribution in [3.8, 4) is 0 Å². The topological polar surface area (TPSA) is 70.2 Å². The number of fused-ring (bicyclic) bond motifs is 2. The van der Waals surface area contributed by atoms with Gasteiger partial charge in [-0.15, -0.1) is 0 Å². The first-order valence-electron chi connectivity index (χ1n) is 15.5. The van der Waals surface area contributed by atoms with Crippen molar-refractivity contribution >= 4 is 39.1 Å². The van der Waals surface area contributed by atoms with Crippen LogP contribution >= 0.6 is 11.8 Å². The second-order valence-electron chi connectivity index (χ2n) is 12.5. The summed E-state index contributed by atoms with van der Waals surface area (Å²) in [5.41, 5.74) is 1.86. The molecule has 0 atom stereocenters. The van der Waals surface area contributed by atoms with Gasteiger partial charge in [-0.2, -0.15) is 0 Å². The predicted molar refractivity (Wildman–Crippen MR) is 172 cm³/mol. The fourth-order valence-electron chi connectivity index (χ4n) is 5.81. The summed E-state index contributed by atoms with van der Waals surface area (Å²) in [4.78, 5) is 19.9. The van der Waals surface area contributed by atoms with E-state index in [1.165, 1.54) is 9.99 Å². The zero-order valence-electron chi connectivity index (χ0n) is 26.1.